The lowest BCUT2D eigenvalue weighted by molar-refractivity contribution is 0.691. The highest BCUT2D eigenvalue weighted by molar-refractivity contribution is 7.87. The maximum Gasteiger partial charge on any atom is 0.181 e. The average Bonchev–Trinajstić information content (AvgIpc) is 2.72. The maximum absolute atomic E-state index is 10.8. The molecule has 2 rings (SSSR count). The monoisotopic (exact) mass is 248 g/mol. The Morgan fingerprint density at radius 2 is 2.47 bits per heavy atom. The highest BCUT2D eigenvalue weighted by Gasteiger charge is 2.07. The summed E-state index contributed by atoms with van der Waals surface area (Å²) in [5.74, 6) is 0. The molecule has 0 aliphatic heterocycles. The molecule has 0 saturated heterocycles. The molecule has 2 aromatic heterocycles. The fraction of sp³-hybridized carbons (Fsp3) is 0.0909. The van der Waals surface area contributed by atoms with Gasteiger partial charge in [-0.1, -0.05) is 6.58 Å². The minimum absolute atomic E-state index is 0.647. The molecule has 0 bridgehead atoms. The molecule has 88 valence electrons. The number of pyridine rings is 1. The Kier molecular flexibility index (Phi) is 3.34. The van der Waals surface area contributed by atoms with Crippen LogP contribution in [0.25, 0.3) is 16.7 Å². The lowest BCUT2D eigenvalue weighted by Gasteiger charge is -2.02. The van der Waals surface area contributed by atoms with Crippen molar-refractivity contribution < 1.29 is 4.21 Å². The van der Waals surface area contributed by atoms with Gasteiger partial charge in [-0.15, -0.1) is 0 Å². The van der Waals surface area contributed by atoms with E-state index in [4.69, 9.17) is 0 Å². The third-order valence-electron chi connectivity index (χ3n) is 2.15. The van der Waals surface area contributed by atoms with Gasteiger partial charge < -0.3 is 5.32 Å². The highest BCUT2D eigenvalue weighted by Crippen LogP contribution is 2.17. The standard InChI is InChI=1S/C11H12N4OS/c1-8(12-6-7-17(2)16)10-9-4-3-5-13-11(9)15-14-10/h3-7,12H,1H2,2H3,(H,13,14,15)/b7-6+. The Bertz CT molecular complexity index is 602. The van der Waals surface area contributed by atoms with Crippen LogP contribution in [0.3, 0.4) is 0 Å². The Morgan fingerprint density at radius 1 is 1.65 bits per heavy atom. The van der Waals surface area contributed by atoms with E-state index in [1.807, 2.05) is 12.1 Å². The van der Waals surface area contributed by atoms with E-state index in [0.717, 1.165) is 11.1 Å². The van der Waals surface area contributed by atoms with Crippen LogP contribution in [0.4, 0.5) is 0 Å². The lowest BCUT2D eigenvalue weighted by atomic mass is 10.2. The van der Waals surface area contributed by atoms with Gasteiger partial charge in [0.25, 0.3) is 0 Å². The Labute approximate surface area is 101 Å². The molecule has 0 aliphatic carbocycles. The second kappa shape index (κ2) is 4.92. The summed E-state index contributed by atoms with van der Waals surface area (Å²) in [6, 6.07) is 3.75. The van der Waals surface area contributed by atoms with Crippen molar-refractivity contribution in [2.75, 3.05) is 6.26 Å². The van der Waals surface area contributed by atoms with Crippen LogP contribution in [0.1, 0.15) is 5.69 Å². The first kappa shape index (κ1) is 11.5. The Balaban J connectivity index is 2.22. The molecular formula is C11H12N4OS. The van der Waals surface area contributed by atoms with Gasteiger partial charge >= 0.3 is 0 Å². The molecular weight excluding hydrogens is 236 g/mol. The van der Waals surface area contributed by atoms with E-state index in [1.54, 1.807) is 24.1 Å². The molecule has 5 nitrogen and oxygen atoms in total. The molecule has 0 aromatic carbocycles. The van der Waals surface area contributed by atoms with Crippen molar-refractivity contribution in [2.45, 2.75) is 0 Å². The van der Waals surface area contributed by atoms with Gasteiger partial charge in [0.1, 0.15) is 0 Å². The van der Waals surface area contributed by atoms with Crippen LogP contribution in [0.15, 0.2) is 36.5 Å². The van der Waals surface area contributed by atoms with Gasteiger partial charge in [-0.05, 0) is 12.1 Å². The van der Waals surface area contributed by atoms with Crippen molar-refractivity contribution in [3.8, 4) is 0 Å². The molecule has 17 heavy (non-hydrogen) atoms. The fourth-order valence-electron chi connectivity index (χ4n) is 1.38. The molecule has 2 aromatic rings. The summed E-state index contributed by atoms with van der Waals surface area (Å²) in [6.45, 7) is 3.88. The Morgan fingerprint density at radius 3 is 3.24 bits per heavy atom. The van der Waals surface area contributed by atoms with Gasteiger partial charge in [-0.2, -0.15) is 5.10 Å². The van der Waals surface area contributed by atoms with Gasteiger partial charge in [0, 0.05) is 40.2 Å². The number of hydrogen-bond donors (Lipinski definition) is 2. The number of aromatic amines is 1. The molecule has 0 amide bonds. The van der Waals surface area contributed by atoms with Crippen LogP contribution in [0.2, 0.25) is 0 Å². The first-order valence-corrected chi connectivity index (χ1v) is 6.54. The third kappa shape index (κ3) is 2.59. The van der Waals surface area contributed by atoms with Crippen molar-refractivity contribution in [1.82, 2.24) is 20.5 Å². The van der Waals surface area contributed by atoms with Gasteiger partial charge in [0.2, 0.25) is 0 Å². The number of hydrogen-bond acceptors (Lipinski definition) is 4. The second-order valence-corrected chi connectivity index (χ2v) is 4.67. The lowest BCUT2D eigenvalue weighted by Crippen LogP contribution is -2.03. The molecule has 6 heteroatoms. The number of nitrogens with one attached hydrogen (secondary N) is 2. The van der Waals surface area contributed by atoms with Crippen LogP contribution in [0, 0.1) is 0 Å². The van der Waals surface area contributed by atoms with Gasteiger partial charge in [-0.25, -0.2) is 4.98 Å². The summed E-state index contributed by atoms with van der Waals surface area (Å²) in [5, 5.41) is 12.3. The van der Waals surface area contributed by atoms with Crippen molar-refractivity contribution in [1.29, 1.82) is 0 Å². The molecule has 2 heterocycles. The predicted octanol–water partition coefficient (Wildman–Crippen LogP) is 1.37. The van der Waals surface area contributed by atoms with Crippen LogP contribution >= 0.6 is 0 Å². The molecule has 2 N–H and O–H groups in total. The molecule has 0 aliphatic rings. The van der Waals surface area contributed by atoms with E-state index in [2.05, 4.69) is 27.1 Å². The Hall–Kier alpha value is -1.95. The van der Waals surface area contributed by atoms with Crippen molar-refractivity contribution in [2.24, 2.45) is 0 Å². The largest absolute Gasteiger partial charge is 0.360 e. The van der Waals surface area contributed by atoms with Gasteiger partial charge in [0.05, 0.1) is 11.4 Å². The minimum Gasteiger partial charge on any atom is -0.360 e. The first-order chi connectivity index (χ1) is 8.18. The number of rotatable bonds is 4. The van der Waals surface area contributed by atoms with Gasteiger partial charge in [-0.3, -0.25) is 9.31 Å². The molecule has 0 fully saturated rings. The fourth-order valence-corrected chi connectivity index (χ4v) is 1.64. The smallest absolute Gasteiger partial charge is 0.181 e. The highest BCUT2D eigenvalue weighted by atomic mass is 32.2. The third-order valence-corrected chi connectivity index (χ3v) is 2.67. The summed E-state index contributed by atoms with van der Waals surface area (Å²) in [5.41, 5.74) is 2.08. The molecule has 1 atom stereocenters. The normalized spacial score (nSPS) is 13.0. The average molecular weight is 248 g/mol. The summed E-state index contributed by atoms with van der Waals surface area (Å²) in [4.78, 5) is 4.11. The summed E-state index contributed by atoms with van der Waals surface area (Å²) >= 11 is 0. The predicted molar refractivity (Wildman–Crippen MR) is 69.3 cm³/mol. The van der Waals surface area contributed by atoms with Crippen molar-refractivity contribution in [3.63, 3.8) is 0 Å². The summed E-state index contributed by atoms with van der Waals surface area (Å²) in [7, 11) is -0.978. The zero-order valence-electron chi connectivity index (χ0n) is 9.30. The van der Waals surface area contributed by atoms with Crippen molar-refractivity contribution >= 4 is 27.5 Å². The molecule has 0 saturated carbocycles. The molecule has 0 radical (unpaired) electrons. The number of aromatic nitrogens is 3. The number of nitrogens with zero attached hydrogens (tertiary/aromatic N) is 2. The first-order valence-electron chi connectivity index (χ1n) is 4.92. The van der Waals surface area contributed by atoms with E-state index in [1.165, 1.54) is 0 Å². The van der Waals surface area contributed by atoms with Crippen molar-refractivity contribution in [3.05, 3.63) is 42.2 Å². The van der Waals surface area contributed by atoms with E-state index in [0.29, 0.717) is 11.3 Å². The second-order valence-electron chi connectivity index (χ2n) is 3.40. The zero-order chi connectivity index (χ0) is 12.3. The van der Waals surface area contributed by atoms with E-state index >= 15 is 0 Å². The molecule has 1 unspecified atom stereocenters. The van der Waals surface area contributed by atoms with Crippen LogP contribution < -0.4 is 5.32 Å². The van der Waals surface area contributed by atoms with E-state index in [9.17, 15) is 4.21 Å². The van der Waals surface area contributed by atoms with Crippen LogP contribution in [0.5, 0.6) is 0 Å². The quantitative estimate of drug-likeness (QED) is 0.857. The van der Waals surface area contributed by atoms with Crippen LogP contribution in [-0.4, -0.2) is 25.6 Å². The summed E-state index contributed by atoms with van der Waals surface area (Å²) in [6.07, 6.45) is 4.88. The SMILES string of the molecule is C=C(N/C=C/S(C)=O)c1[nH]nc2ncccc12. The van der Waals surface area contributed by atoms with E-state index in [-0.39, 0.29) is 0 Å². The summed E-state index contributed by atoms with van der Waals surface area (Å²) < 4.78 is 10.8. The number of H-pyrrole nitrogens is 1. The van der Waals surface area contributed by atoms with E-state index < -0.39 is 10.8 Å². The number of fused-ring (bicyclic) bond motifs is 1. The van der Waals surface area contributed by atoms with Crippen LogP contribution in [-0.2, 0) is 10.8 Å². The van der Waals surface area contributed by atoms with Gasteiger partial charge in [0.15, 0.2) is 5.65 Å². The molecule has 0 spiro atoms. The maximum atomic E-state index is 10.8. The minimum atomic E-state index is -0.978. The topological polar surface area (TPSA) is 70.7 Å². The zero-order valence-corrected chi connectivity index (χ0v) is 10.1.